The van der Waals surface area contributed by atoms with Gasteiger partial charge >= 0.3 is 0 Å². The van der Waals surface area contributed by atoms with Crippen LogP contribution < -0.4 is 5.32 Å². The summed E-state index contributed by atoms with van der Waals surface area (Å²) in [5.74, 6) is 0.709. The summed E-state index contributed by atoms with van der Waals surface area (Å²) in [6, 6.07) is 0.392. The molecule has 1 fully saturated rings. The summed E-state index contributed by atoms with van der Waals surface area (Å²) in [4.78, 5) is 2.49. The van der Waals surface area contributed by atoms with E-state index in [-0.39, 0.29) is 5.41 Å². The van der Waals surface area contributed by atoms with Crippen LogP contribution in [0.2, 0.25) is 0 Å². The lowest BCUT2D eigenvalue weighted by Crippen LogP contribution is -2.48. The Bertz CT molecular complexity index is 229. The van der Waals surface area contributed by atoms with Gasteiger partial charge in [0.15, 0.2) is 0 Å². The average molecular weight is 256 g/mol. The summed E-state index contributed by atoms with van der Waals surface area (Å²) in [6.07, 6.45) is 3.71. The highest BCUT2D eigenvalue weighted by Crippen LogP contribution is 2.23. The van der Waals surface area contributed by atoms with Gasteiger partial charge in [0.2, 0.25) is 0 Å². The summed E-state index contributed by atoms with van der Waals surface area (Å²) in [6.45, 7) is 13.8. The molecular weight excluding hydrogens is 224 g/mol. The molecule has 3 nitrogen and oxygen atoms in total. The first-order chi connectivity index (χ1) is 8.44. The monoisotopic (exact) mass is 256 g/mol. The standard InChI is InChI=1S/C15H32N2O/c1-13(2)9-16-11-15(3,4)12-17-8-6-5-7-14(17)10-18/h13-14,16,18H,5-12H2,1-4H3. The maximum atomic E-state index is 9.45. The average Bonchev–Trinajstić information content (AvgIpc) is 2.28. The summed E-state index contributed by atoms with van der Waals surface area (Å²) in [5.41, 5.74) is 0.277. The van der Waals surface area contributed by atoms with Crippen molar-refractivity contribution in [1.29, 1.82) is 0 Å². The second-order valence-electron chi connectivity index (χ2n) is 6.99. The molecule has 2 N–H and O–H groups in total. The van der Waals surface area contributed by atoms with Crippen molar-refractivity contribution < 1.29 is 5.11 Å². The molecule has 0 aromatic carbocycles. The van der Waals surface area contributed by atoms with Crippen LogP contribution in [0.4, 0.5) is 0 Å². The van der Waals surface area contributed by atoms with Crippen LogP contribution >= 0.6 is 0 Å². The number of piperidine rings is 1. The van der Waals surface area contributed by atoms with E-state index < -0.39 is 0 Å². The molecule has 18 heavy (non-hydrogen) atoms. The molecular formula is C15H32N2O. The molecule has 0 aliphatic carbocycles. The van der Waals surface area contributed by atoms with Gasteiger partial charge in [-0.3, -0.25) is 4.90 Å². The zero-order chi connectivity index (χ0) is 13.6. The van der Waals surface area contributed by atoms with E-state index in [1.54, 1.807) is 0 Å². The van der Waals surface area contributed by atoms with E-state index in [9.17, 15) is 5.11 Å². The summed E-state index contributed by atoms with van der Waals surface area (Å²) >= 11 is 0. The molecule has 3 heteroatoms. The predicted octanol–water partition coefficient (Wildman–Crippen LogP) is 2.11. The lowest BCUT2D eigenvalue weighted by atomic mass is 9.90. The van der Waals surface area contributed by atoms with Gasteiger partial charge in [-0.2, -0.15) is 0 Å². The van der Waals surface area contributed by atoms with Crippen LogP contribution in [-0.2, 0) is 0 Å². The molecule has 0 amide bonds. The smallest absolute Gasteiger partial charge is 0.0586 e. The van der Waals surface area contributed by atoms with Crippen LogP contribution in [0.15, 0.2) is 0 Å². The number of hydrogen-bond acceptors (Lipinski definition) is 3. The second kappa shape index (κ2) is 7.46. The number of nitrogens with zero attached hydrogens (tertiary/aromatic N) is 1. The van der Waals surface area contributed by atoms with Gasteiger partial charge in [-0.25, -0.2) is 0 Å². The highest BCUT2D eigenvalue weighted by molar-refractivity contribution is 4.83. The lowest BCUT2D eigenvalue weighted by Gasteiger charge is -2.40. The number of hydrogen-bond donors (Lipinski definition) is 2. The molecule has 1 atom stereocenters. The van der Waals surface area contributed by atoms with Crippen LogP contribution in [-0.4, -0.2) is 48.8 Å². The molecule has 0 aromatic rings. The van der Waals surface area contributed by atoms with Gasteiger partial charge in [0.1, 0.15) is 0 Å². The first-order valence-electron chi connectivity index (χ1n) is 7.50. The van der Waals surface area contributed by atoms with Crippen molar-refractivity contribution >= 4 is 0 Å². The van der Waals surface area contributed by atoms with Crippen LogP contribution in [0.5, 0.6) is 0 Å². The van der Waals surface area contributed by atoms with E-state index in [1.807, 2.05) is 0 Å². The zero-order valence-electron chi connectivity index (χ0n) is 12.7. The number of aliphatic hydroxyl groups excluding tert-OH is 1. The molecule has 0 spiro atoms. The van der Waals surface area contributed by atoms with Gasteiger partial charge in [-0.05, 0) is 37.3 Å². The molecule has 1 rings (SSSR count). The fraction of sp³-hybridized carbons (Fsp3) is 1.00. The Kier molecular flexibility index (Phi) is 6.61. The van der Waals surface area contributed by atoms with Gasteiger partial charge < -0.3 is 10.4 Å². The Morgan fingerprint density at radius 3 is 2.67 bits per heavy atom. The number of rotatable bonds is 7. The van der Waals surface area contributed by atoms with Crippen LogP contribution in [0.25, 0.3) is 0 Å². The van der Waals surface area contributed by atoms with Crippen LogP contribution in [0, 0.1) is 11.3 Å². The van der Waals surface area contributed by atoms with Crippen LogP contribution in [0.3, 0.4) is 0 Å². The highest BCUT2D eigenvalue weighted by atomic mass is 16.3. The van der Waals surface area contributed by atoms with Crippen molar-refractivity contribution in [3.63, 3.8) is 0 Å². The Balaban J connectivity index is 2.37. The van der Waals surface area contributed by atoms with Crippen molar-refractivity contribution in [3.8, 4) is 0 Å². The van der Waals surface area contributed by atoms with Crippen molar-refractivity contribution in [2.24, 2.45) is 11.3 Å². The number of nitrogens with one attached hydrogen (secondary N) is 1. The normalized spacial score (nSPS) is 22.7. The van der Waals surface area contributed by atoms with Gasteiger partial charge in [-0.15, -0.1) is 0 Å². The Labute approximate surface area is 113 Å². The first kappa shape index (κ1) is 15.9. The van der Waals surface area contributed by atoms with Gasteiger partial charge in [-0.1, -0.05) is 34.1 Å². The number of likely N-dealkylation sites (tertiary alicyclic amines) is 1. The fourth-order valence-corrected chi connectivity index (χ4v) is 2.78. The number of aliphatic hydroxyl groups is 1. The third kappa shape index (κ3) is 5.68. The summed E-state index contributed by atoms with van der Waals surface area (Å²) in [5, 5.41) is 13.0. The Morgan fingerprint density at radius 1 is 1.33 bits per heavy atom. The van der Waals surface area contributed by atoms with Gasteiger partial charge in [0.25, 0.3) is 0 Å². The summed E-state index contributed by atoms with van der Waals surface area (Å²) < 4.78 is 0. The molecule has 0 bridgehead atoms. The van der Waals surface area contributed by atoms with Gasteiger partial charge in [0.05, 0.1) is 6.61 Å². The summed E-state index contributed by atoms with van der Waals surface area (Å²) in [7, 11) is 0. The molecule has 0 radical (unpaired) electrons. The molecule has 1 saturated heterocycles. The van der Waals surface area contributed by atoms with E-state index in [2.05, 4.69) is 37.9 Å². The van der Waals surface area contributed by atoms with E-state index >= 15 is 0 Å². The van der Waals surface area contributed by atoms with Crippen molar-refractivity contribution in [2.45, 2.75) is 53.0 Å². The first-order valence-corrected chi connectivity index (χ1v) is 7.50. The highest BCUT2D eigenvalue weighted by Gasteiger charge is 2.27. The van der Waals surface area contributed by atoms with Crippen molar-refractivity contribution in [1.82, 2.24) is 10.2 Å². The topological polar surface area (TPSA) is 35.5 Å². The van der Waals surface area contributed by atoms with Crippen molar-refractivity contribution in [2.75, 3.05) is 32.8 Å². The molecule has 1 unspecified atom stereocenters. The SMILES string of the molecule is CC(C)CNCC(C)(C)CN1CCCCC1CO. The largest absolute Gasteiger partial charge is 0.395 e. The maximum absolute atomic E-state index is 9.45. The molecule has 1 aliphatic rings. The van der Waals surface area contributed by atoms with E-state index in [0.29, 0.717) is 18.6 Å². The van der Waals surface area contributed by atoms with E-state index in [4.69, 9.17) is 0 Å². The third-order valence-corrected chi connectivity index (χ3v) is 3.75. The van der Waals surface area contributed by atoms with E-state index in [0.717, 1.165) is 32.6 Å². The van der Waals surface area contributed by atoms with Crippen LogP contribution in [0.1, 0.15) is 47.0 Å². The fourth-order valence-electron chi connectivity index (χ4n) is 2.78. The molecule has 1 aliphatic heterocycles. The Morgan fingerprint density at radius 2 is 2.06 bits per heavy atom. The molecule has 0 aromatic heterocycles. The van der Waals surface area contributed by atoms with Gasteiger partial charge in [0, 0.05) is 19.1 Å². The minimum atomic E-state index is 0.277. The zero-order valence-corrected chi connectivity index (χ0v) is 12.7. The quantitative estimate of drug-likeness (QED) is 0.732. The molecule has 1 heterocycles. The molecule has 108 valence electrons. The predicted molar refractivity (Wildman–Crippen MR) is 77.8 cm³/mol. The third-order valence-electron chi connectivity index (χ3n) is 3.75. The Hall–Kier alpha value is -0.120. The minimum absolute atomic E-state index is 0.277. The second-order valence-corrected chi connectivity index (χ2v) is 6.99. The van der Waals surface area contributed by atoms with Crippen molar-refractivity contribution in [3.05, 3.63) is 0 Å². The van der Waals surface area contributed by atoms with E-state index in [1.165, 1.54) is 12.8 Å². The molecule has 0 saturated carbocycles. The lowest BCUT2D eigenvalue weighted by molar-refractivity contribution is 0.0574. The minimum Gasteiger partial charge on any atom is -0.395 e. The maximum Gasteiger partial charge on any atom is 0.0586 e.